The molecule has 0 aliphatic rings. The standard InChI is InChI=1S/C3H7ClO3S.K/c1-3(2-4)7-8(5)6;/h3H,2H2,1H3,(H,5,6);/q;+1/p-1. The molecule has 0 bridgehead atoms. The van der Waals surface area contributed by atoms with E-state index in [4.69, 9.17) is 11.6 Å². The van der Waals surface area contributed by atoms with Crippen LogP contribution in [0, 0.1) is 0 Å². The Hall–Kier alpha value is 2.00. The van der Waals surface area contributed by atoms with E-state index in [0.29, 0.717) is 0 Å². The molecule has 0 amide bonds. The fourth-order valence-electron chi connectivity index (χ4n) is 0.160. The van der Waals surface area contributed by atoms with Crippen molar-refractivity contribution < 1.29 is 64.3 Å². The summed E-state index contributed by atoms with van der Waals surface area (Å²) in [5.74, 6) is 0.188. The zero-order chi connectivity index (χ0) is 6.57. The second kappa shape index (κ2) is 8.10. The Morgan fingerprint density at radius 2 is 2.33 bits per heavy atom. The summed E-state index contributed by atoms with van der Waals surface area (Å²) in [6.45, 7) is 1.57. The van der Waals surface area contributed by atoms with Gasteiger partial charge >= 0.3 is 51.4 Å². The minimum Gasteiger partial charge on any atom is -0.750 e. The number of hydrogen-bond donors (Lipinski definition) is 0. The van der Waals surface area contributed by atoms with Gasteiger partial charge in [-0.05, 0) is 6.92 Å². The summed E-state index contributed by atoms with van der Waals surface area (Å²) < 4.78 is 23.6. The van der Waals surface area contributed by atoms with Crippen LogP contribution >= 0.6 is 11.6 Å². The third-order valence-electron chi connectivity index (χ3n) is 0.460. The van der Waals surface area contributed by atoms with E-state index in [9.17, 15) is 8.76 Å². The predicted molar refractivity (Wildman–Crippen MR) is 30.2 cm³/mol. The van der Waals surface area contributed by atoms with Crippen molar-refractivity contribution in [3.8, 4) is 0 Å². The number of rotatable bonds is 3. The van der Waals surface area contributed by atoms with Crippen molar-refractivity contribution in [3.05, 3.63) is 0 Å². The van der Waals surface area contributed by atoms with E-state index in [1.807, 2.05) is 0 Å². The van der Waals surface area contributed by atoms with Gasteiger partial charge in [0.25, 0.3) is 0 Å². The minimum atomic E-state index is -2.43. The fourth-order valence-corrected chi connectivity index (χ4v) is 0.634. The summed E-state index contributed by atoms with van der Waals surface area (Å²) in [5.41, 5.74) is 0. The molecule has 0 aliphatic carbocycles. The van der Waals surface area contributed by atoms with Crippen molar-refractivity contribution in [1.82, 2.24) is 0 Å². The quantitative estimate of drug-likeness (QED) is 0.283. The molecule has 0 rings (SSSR count). The van der Waals surface area contributed by atoms with Crippen LogP contribution in [0.3, 0.4) is 0 Å². The first-order valence-electron chi connectivity index (χ1n) is 1.99. The topological polar surface area (TPSA) is 49.4 Å². The average molecular weight is 197 g/mol. The van der Waals surface area contributed by atoms with E-state index in [0.717, 1.165) is 0 Å². The molecular weight excluding hydrogens is 191 g/mol. The normalized spacial score (nSPS) is 15.9. The molecule has 6 heteroatoms. The SMILES string of the molecule is CC(CCl)OS(=O)[O-].[K+]. The molecule has 3 nitrogen and oxygen atoms in total. The molecule has 2 unspecified atom stereocenters. The largest absolute Gasteiger partial charge is 1.00 e. The van der Waals surface area contributed by atoms with Crippen molar-refractivity contribution in [1.29, 1.82) is 0 Å². The van der Waals surface area contributed by atoms with Gasteiger partial charge in [-0.3, -0.25) is 4.18 Å². The Morgan fingerprint density at radius 3 is 2.44 bits per heavy atom. The summed E-state index contributed by atoms with van der Waals surface area (Å²) in [5, 5.41) is 0. The summed E-state index contributed by atoms with van der Waals surface area (Å²) in [6.07, 6.45) is -0.421. The third-order valence-corrected chi connectivity index (χ3v) is 1.38. The van der Waals surface area contributed by atoms with Gasteiger partial charge < -0.3 is 4.55 Å². The molecule has 0 heterocycles. The van der Waals surface area contributed by atoms with E-state index in [1.54, 1.807) is 6.92 Å². The Labute approximate surface area is 104 Å². The van der Waals surface area contributed by atoms with Crippen LogP contribution in [0.1, 0.15) is 6.92 Å². The second-order valence-electron chi connectivity index (χ2n) is 1.27. The Balaban J connectivity index is 0. The zero-order valence-corrected chi connectivity index (χ0v) is 9.99. The van der Waals surface area contributed by atoms with Gasteiger partial charge in [-0.15, -0.1) is 11.6 Å². The van der Waals surface area contributed by atoms with Gasteiger partial charge in [-0.2, -0.15) is 0 Å². The van der Waals surface area contributed by atoms with Gasteiger partial charge in [-0.25, -0.2) is 4.21 Å². The molecule has 2 atom stereocenters. The molecule has 0 aliphatic heterocycles. The minimum absolute atomic E-state index is 0. The molecule has 0 saturated heterocycles. The fraction of sp³-hybridized carbons (Fsp3) is 1.00. The van der Waals surface area contributed by atoms with Gasteiger partial charge in [-0.1, -0.05) is 0 Å². The molecule has 9 heavy (non-hydrogen) atoms. The average Bonchev–Trinajstić information content (AvgIpc) is 1.65. The van der Waals surface area contributed by atoms with Crippen LogP contribution in [0.15, 0.2) is 0 Å². The third kappa shape index (κ3) is 10.00. The van der Waals surface area contributed by atoms with E-state index in [2.05, 4.69) is 4.18 Å². The van der Waals surface area contributed by atoms with Crippen LogP contribution in [0.4, 0.5) is 0 Å². The predicted octanol–water partition coefficient (Wildman–Crippen LogP) is -2.57. The molecule has 0 saturated carbocycles. The maximum atomic E-state index is 9.69. The molecule has 50 valence electrons. The van der Waals surface area contributed by atoms with Crippen LogP contribution in [0.2, 0.25) is 0 Å². The van der Waals surface area contributed by atoms with Crippen molar-refractivity contribution in [2.45, 2.75) is 13.0 Å². The van der Waals surface area contributed by atoms with Crippen LogP contribution < -0.4 is 51.4 Å². The first-order chi connectivity index (χ1) is 3.66. The molecule has 0 aromatic heterocycles. The molecule has 0 aromatic carbocycles. The van der Waals surface area contributed by atoms with Gasteiger partial charge in [0, 0.05) is 5.88 Å². The van der Waals surface area contributed by atoms with Gasteiger partial charge in [0.1, 0.15) is 0 Å². The molecule has 0 N–H and O–H groups in total. The smallest absolute Gasteiger partial charge is 0.750 e. The summed E-state index contributed by atoms with van der Waals surface area (Å²) in [6, 6.07) is 0. The van der Waals surface area contributed by atoms with E-state index >= 15 is 0 Å². The van der Waals surface area contributed by atoms with Gasteiger partial charge in [0.05, 0.1) is 17.5 Å². The number of alkyl halides is 1. The van der Waals surface area contributed by atoms with Crippen molar-refractivity contribution in [3.63, 3.8) is 0 Å². The van der Waals surface area contributed by atoms with Gasteiger partial charge in [0.15, 0.2) is 0 Å². The maximum Gasteiger partial charge on any atom is 1.00 e. The van der Waals surface area contributed by atoms with Crippen molar-refractivity contribution >= 4 is 23.0 Å². The monoisotopic (exact) mass is 196 g/mol. The summed E-state index contributed by atoms with van der Waals surface area (Å²) in [4.78, 5) is 0. The van der Waals surface area contributed by atoms with Crippen molar-refractivity contribution in [2.24, 2.45) is 0 Å². The van der Waals surface area contributed by atoms with Crippen molar-refractivity contribution in [2.75, 3.05) is 5.88 Å². The molecule has 0 aromatic rings. The zero-order valence-electron chi connectivity index (χ0n) is 5.30. The molecule has 0 radical (unpaired) electrons. The van der Waals surface area contributed by atoms with Crippen LogP contribution in [0.25, 0.3) is 0 Å². The number of halogens is 1. The van der Waals surface area contributed by atoms with Crippen LogP contribution in [0.5, 0.6) is 0 Å². The first kappa shape index (κ1) is 13.6. The van der Waals surface area contributed by atoms with E-state index in [1.165, 1.54) is 0 Å². The molecular formula is C3H6ClKO3S. The number of hydrogen-bond acceptors (Lipinski definition) is 3. The Morgan fingerprint density at radius 1 is 1.89 bits per heavy atom. The Kier molecular flexibility index (Phi) is 12.2. The maximum absolute atomic E-state index is 9.69. The summed E-state index contributed by atoms with van der Waals surface area (Å²) in [7, 11) is 0. The first-order valence-corrected chi connectivity index (χ1v) is 3.52. The summed E-state index contributed by atoms with van der Waals surface area (Å²) >= 11 is 2.77. The van der Waals surface area contributed by atoms with E-state index in [-0.39, 0.29) is 57.3 Å². The second-order valence-corrected chi connectivity index (χ2v) is 2.17. The van der Waals surface area contributed by atoms with Crippen LogP contribution in [-0.4, -0.2) is 20.7 Å². The van der Waals surface area contributed by atoms with E-state index < -0.39 is 17.5 Å². The van der Waals surface area contributed by atoms with Crippen LogP contribution in [-0.2, 0) is 15.5 Å². The Bertz CT molecular complexity index is 91.1. The van der Waals surface area contributed by atoms with Gasteiger partial charge in [0.2, 0.25) is 0 Å². The molecule has 0 spiro atoms. The molecule has 0 fully saturated rings.